The molecule has 31 heavy (non-hydrogen) atoms. The molecule has 3 aliphatic rings. The molecule has 1 aromatic rings. The van der Waals surface area contributed by atoms with Crippen molar-refractivity contribution in [2.45, 2.75) is 109 Å². The fraction of sp³-hybridized carbons (Fsp3) is 0.733. The second-order valence-electron chi connectivity index (χ2n) is 11.2. The van der Waals surface area contributed by atoms with Crippen LogP contribution in [0.4, 0.5) is 4.39 Å². The van der Waals surface area contributed by atoms with Gasteiger partial charge in [-0.3, -0.25) is 0 Å². The van der Waals surface area contributed by atoms with E-state index in [2.05, 4.69) is 19.6 Å². The molecule has 3 saturated carbocycles. The highest BCUT2D eigenvalue weighted by Gasteiger charge is 2.39. The molecule has 4 atom stereocenters. The standard InChI is InChI=1S/C30H45F/c1-3-5-7-22-9-11-23(12-10-22)25-15-16-27-20-28(18-17-26(27)19-25)29-14-13-24(8-6-4-2)30(31)21-29/h4,13-14,21-23,25-28H,2-3,5-12,15-20H2,1H3. The number of hydrogen-bond donors (Lipinski definition) is 0. The molecule has 0 nitrogen and oxygen atoms in total. The van der Waals surface area contributed by atoms with E-state index in [9.17, 15) is 4.39 Å². The molecule has 172 valence electrons. The largest absolute Gasteiger partial charge is 0.207 e. The fourth-order valence-corrected chi connectivity index (χ4v) is 7.38. The Balaban J connectivity index is 1.27. The lowest BCUT2D eigenvalue weighted by molar-refractivity contribution is 0.0710. The van der Waals surface area contributed by atoms with Gasteiger partial charge in [0.05, 0.1) is 0 Å². The summed E-state index contributed by atoms with van der Waals surface area (Å²) in [6.45, 7) is 6.09. The van der Waals surface area contributed by atoms with Gasteiger partial charge in [0.15, 0.2) is 0 Å². The molecule has 1 heteroatoms. The first-order valence-corrected chi connectivity index (χ1v) is 13.6. The first kappa shape index (κ1) is 23.1. The number of benzene rings is 1. The van der Waals surface area contributed by atoms with Crippen molar-refractivity contribution in [2.75, 3.05) is 0 Å². The van der Waals surface area contributed by atoms with Crippen LogP contribution in [0.2, 0.25) is 0 Å². The molecular weight excluding hydrogens is 379 g/mol. The Labute approximate surface area is 191 Å². The Kier molecular flexibility index (Phi) is 8.30. The van der Waals surface area contributed by atoms with Gasteiger partial charge in [-0.1, -0.05) is 57.2 Å². The van der Waals surface area contributed by atoms with Crippen LogP contribution >= 0.6 is 0 Å². The number of rotatable bonds is 8. The third kappa shape index (κ3) is 5.82. The summed E-state index contributed by atoms with van der Waals surface area (Å²) in [5, 5.41) is 0. The van der Waals surface area contributed by atoms with Crippen molar-refractivity contribution in [3.63, 3.8) is 0 Å². The number of halogens is 1. The van der Waals surface area contributed by atoms with Crippen molar-refractivity contribution in [1.82, 2.24) is 0 Å². The lowest BCUT2D eigenvalue weighted by Gasteiger charge is -2.45. The normalized spacial score (nSPS) is 33.6. The van der Waals surface area contributed by atoms with E-state index < -0.39 is 0 Å². The highest BCUT2D eigenvalue weighted by molar-refractivity contribution is 5.28. The second kappa shape index (κ2) is 11.2. The van der Waals surface area contributed by atoms with Gasteiger partial charge in [-0.15, -0.1) is 6.58 Å². The lowest BCUT2D eigenvalue weighted by atomic mass is 9.60. The average molecular weight is 425 g/mol. The molecule has 3 fully saturated rings. The van der Waals surface area contributed by atoms with E-state index in [-0.39, 0.29) is 5.82 Å². The predicted octanol–water partition coefficient (Wildman–Crippen LogP) is 9.24. The van der Waals surface area contributed by atoms with Gasteiger partial charge in [-0.25, -0.2) is 4.39 Å². The third-order valence-electron chi connectivity index (χ3n) is 9.34. The first-order chi connectivity index (χ1) is 15.2. The van der Waals surface area contributed by atoms with Crippen molar-refractivity contribution in [3.05, 3.63) is 47.8 Å². The van der Waals surface area contributed by atoms with E-state index in [1.54, 1.807) is 0 Å². The zero-order chi connectivity index (χ0) is 21.6. The molecule has 0 bridgehead atoms. The van der Waals surface area contributed by atoms with Crippen LogP contribution in [-0.4, -0.2) is 0 Å². The van der Waals surface area contributed by atoms with Crippen LogP contribution in [0, 0.1) is 35.4 Å². The molecule has 0 saturated heterocycles. The third-order valence-corrected chi connectivity index (χ3v) is 9.34. The minimum atomic E-state index is -0.000258. The number of allylic oxidation sites excluding steroid dienone is 1. The van der Waals surface area contributed by atoms with Crippen LogP contribution in [0.3, 0.4) is 0 Å². The maximum Gasteiger partial charge on any atom is 0.126 e. The molecule has 0 N–H and O–H groups in total. The zero-order valence-corrected chi connectivity index (χ0v) is 20.0. The first-order valence-electron chi connectivity index (χ1n) is 13.6. The molecular formula is C30H45F. The highest BCUT2D eigenvalue weighted by atomic mass is 19.1. The van der Waals surface area contributed by atoms with Gasteiger partial charge in [-0.05, 0) is 117 Å². The summed E-state index contributed by atoms with van der Waals surface area (Å²) < 4.78 is 14.6. The van der Waals surface area contributed by atoms with Gasteiger partial charge in [0.1, 0.15) is 5.82 Å². The van der Waals surface area contributed by atoms with Crippen molar-refractivity contribution in [3.8, 4) is 0 Å². The van der Waals surface area contributed by atoms with E-state index in [4.69, 9.17) is 0 Å². The number of fused-ring (bicyclic) bond motifs is 1. The van der Waals surface area contributed by atoms with Crippen molar-refractivity contribution >= 4 is 0 Å². The Morgan fingerprint density at radius 3 is 2.29 bits per heavy atom. The van der Waals surface area contributed by atoms with E-state index in [0.29, 0.717) is 5.92 Å². The van der Waals surface area contributed by atoms with E-state index in [1.165, 1.54) is 89.0 Å². The minimum Gasteiger partial charge on any atom is -0.207 e. The van der Waals surface area contributed by atoms with Gasteiger partial charge in [0, 0.05) is 0 Å². The van der Waals surface area contributed by atoms with Gasteiger partial charge in [-0.2, -0.15) is 0 Å². The van der Waals surface area contributed by atoms with Crippen LogP contribution in [0.1, 0.15) is 114 Å². The molecule has 0 aliphatic heterocycles. The molecule has 0 aromatic heterocycles. The molecule has 0 heterocycles. The summed E-state index contributed by atoms with van der Waals surface area (Å²) in [6, 6.07) is 6.11. The molecule has 3 aliphatic carbocycles. The van der Waals surface area contributed by atoms with Crippen LogP contribution in [0.15, 0.2) is 30.9 Å². The maximum atomic E-state index is 14.6. The maximum absolute atomic E-state index is 14.6. The second-order valence-corrected chi connectivity index (χ2v) is 11.2. The summed E-state index contributed by atoms with van der Waals surface area (Å²) in [5.41, 5.74) is 2.10. The van der Waals surface area contributed by atoms with E-state index >= 15 is 0 Å². The summed E-state index contributed by atoms with van der Waals surface area (Å²) in [4.78, 5) is 0. The number of aryl methyl sites for hydroxylation is 1. The predicted molar refractivity (Wildman–Crippen MR) is 131 cm³/mol. The highest BCUT2D eigenvalue weighted by Crippen LogP contribution is 2.51. The quantitative estimate of drug-likeness (QED) is 0.365. The van der Waals surface area contributed by atoms with Gasteiger partial charge in [0.25, 0.3) is 0 Å². The van der Waals surface area contributed by atoms with Gasteiger partial charge >= 0.3 is 0 Å². The Morgan fingerprint density at radius 1 is 0.903 bits per heavy atom. The van der Waals surface area contributed by atoms with Crippen molar-refractivity contribution < 1.29 is 4.39 Å². The van der Waals surface area contributed by atoms with Crippen LogP contribution in [0.5, 0.6) is 0 Å². The molecule has 4 unspecified atom stereocenters. The van der Waals surface area contributed by atoms with E-state index in [1.807, 2.05) is 18.2 Å². The minimum absolute atomic E-state index is 0.000258. The van der Waals surface area contributed by atoms with Gasteiger partial charge < -0.3 is 0 Å². The molecule has 0 amide bonds. The Bertz CT molecular complexity index is 698. The Hall–Kier alpha value is -1.11. The zero-order valence-electron chi connectivity index (χ0n) is 20.0. The fourth-order valence-electron chi connectivity index (χ4n) is 7.38. The van der Waals surface area contributed by atoms with Crippen molar-refractivity contribution in [2.24, 2.45) is 29.6 Å². The molecule has 4 rings (SSSR count). The summed E-state index contributed by atoms with van der Waals surface area (Å²) in [6.07, 6.45) is 22.1. The Morgan fingerprint density at radius 2 is 1.58 bits per heavy atom. The number of unbranched alkanes of at least 4 members (excludes halogenated alkanes) is 1. The average Bonchev–Trinajstić information content (AvgIpc) is 2.81. The summed E-state index contributed by atoms with van der Waals surface area (Å²) >= 11 is 0. The summed E-state index contributed by atoms with van der Waals surface area (Å²) in [5.74, 6) is 5.48. The monoisotopic (exact) mass is 424 g/mol. The topological polar surface area (TPSA) is 0 Å². The molecule has 0 radical (unpaired) electrons. The van der Waals surface area contributed by atoms with Crippen LogP contribution in [0.25, 0.3) is 0 Å². The number of hydrogen-bond acceptors (Lipinski definition) is 0. The molecule has 1 aromatic carbocycles. The van der Waals surface area contributed by atoms with Crippen LogP contribution < -0.4 is 0 Å². The smallest absolute Gasteiger partial charge is 0.126 e. The SMILES string of the molecule is C=CCCc1ccc(C2CCC3CC(C4CCC(CCCC)CC4)CCC3C2)cc1F. The van der Waals surface area contributed by atoms with Gasteiger partial charge in [0.2, 0.25) is 0 Å². The van der Waals surface area contributed by atoms with Crippen LogP contribution in [-0.2, 0) is 6.42 Å². The van der Waals surface area contributed by atoms with E-state index in [0.717, 1.165) is 48.0 Å². The molecule has 0 spiro atoms. The summed E-state index contributed by atoms with van der Waals surface area (Å²) in [7, 11) is 0. The lowest BCUT2D eigenvalue weighted by Crippen LogP contribution is -2.34. The van der Waals surface area contributed by atoms with Crippen molar-refractivity contribution in [1.29, 1.82) is 0 Å².